The quantitative estimate of drug-likeness (QED) is 0.390. The molecule has 0 aromatic heterocycles. The molecule has 3 heterocycles. The molecule has 0 radical (unpaired) electrons. The van der Waals surface area contributed by atoms with Crippen LogP contribution >= 0.6 is 34.8 Å². The number of nitrogens with zero attached hydrogens (tertiary/aromatic N) is 2. The van der Waals surface area contributed by atoms with Crippen molar-refractivity contribution < 1.29 is 36.0 Å². The van der Waals surface area contributed by atoms with Crippen LogP contribution in [-0.4, -0.2) is 69.0 Å². The summed E-state index contributed by atoms with van der Waals surface area (Å²) in [5.74, 6) is -5.07. The monoisotopic (exact) mass is 623 g/mol. The minimum Gasteiger partial charge on any atom is -0.386 e. The Morgan fingerprint density at radius 2 is 1.82 bits per heavy atom. The first-order valence-corrected chi connectivity index (χ1v) is 14.6. The molecule has 3 aliphatic rings. The highest BCUT2D eigenvalue weighted by molar-refractivity contribution is 7.91. The minimum absolute atomic E-state index is 0.0564. The zero-order valence-corrected chi connectivity index (χ0v) is 23.3. The van der Waals surface area contributed by atoms with Crippen LogP contribution in [0, 0.1) is 5.92 Å². The standard InChI is InChI=1S/C24H19Cl3F3N3O5S/c1-33-22(35)17-12(23(33)8-31-9-23)4-3-11(16(17)15(34)7-39(2,36)37)20-18(24(28,29)30)21(38-32-20)10-5-13(25)19(27)14(26)6-10/h3-6,18,21,31H,7-9H2,1-2H3. The van der Waals surface area contributed by atoms with Gasteiger partial charge in [0.2, 0.25) is 0 Å². The number of carbonyl (C=O) groups is 2. The van der Waals surface area contributed by atoms with Gasteiger partial charge in [-0.3, -0.25) is 9.59 Å². The van der Waals surface area contributed by atoms with Gasteiger partial charge in [0.05, 0.1) is 26.2 Å². The van der Waals surface area contributed by atoms with E-state index < -0.39 is 62.3 Å². The maximum atomic E-state index is 14.6. The number of carbonyl (C=O) groups excluding carboxylic acids is 2. The van der Waals surface area contributed by atoms with Crippen molar-refractivity contribution in [1.82, 2.24) is 10.2 Å². The molecule has 1 spiro atoms. The van der Waals surface area contributed by atoms with Crippen molar-refractivity contribution in [3.05, 3.63) is 67.2 Å². The summed E-state index contributed by atoms with van der Waals surface area (Å²) in [7, 11) is -2.39. The molecule has 2 unspecified atom stereocenters. The van der Waals surface area contributed by atoms with Gasteiger partial charge in [-0.15, -0.1) is 0 Å². The van der Waals surface area contributed by atoms with Gasteiger partial charge in [0.15, 0.2) is 21.7 Å². The van der Waals surface area contributed by atoms with Gasteiger partial charge in [-0.2, -0.15) is 13.2 Å². The normalized spacial score (nSPS) is 22.0. The van der Waals surface area contributed by atoms with E-state index in [1.54, 1.807) is 0 Å². The van der Waals surface area contributed by atoms with Crippen LogP contribution in [0.25, 0.3) is 0 Å². The Bertz CT molecular complexity index is 1550. The third-order valence-electron chi connectivity index (χ3n) is 7.20. The van der Waals surface area contributed by atoms with E-state index in [1.807, 2.05) is 0 Å². The number of Topliss-reactive ketones (excluding diaryl/α,β-unsaturated/α-hetero) is 1. The van der Waals surface area contributed by atoms with E-state index in [1.165, 1.54) is 36.2 Å². The first-order valence-electron chi connectivity index (χ1n) is 11.4. The zero-order chi connectivity index (χ0) is 28.7. The number of fused-ring (bicyclic) bond motifs is 2. The van der Waals surface area contributed by atoms with Gasteiger partial charge in [-0.1, -0.05) is 52.1 Å². The second-order valence-electron chi connectivity index (χ2n) is 9.72. The molecule has 208 valence electrons. The molecule has 2 atom stereocenters. The molecule has 0 aliphatic carbocycles. The number of hydrogen-bond donors (Lipinski definition) is 1. The van der Waals surface area contributed by atoms with Crippen LogP contribution in [0.2, 0.25) is 15.1 Å². The average molecular weight is 625 g/mol. The predicted octanol–water partition coefficient (Wildman–Crippen LogP) is 4.41. The van der Waals surface area contributed by atoms with Crippen LogP contribution in [0.15, 0.2) is 29.4 Å². The highest BCUT2D eigenvalue weighted by atomic mass is 35.5. The average Bonchev–Trinajstić information content (AvgIpc) is 3.33. The number of amides is 1. The molecule has 39 heavy (non-hydrogen) atoms. The Morgan fingerprint density at radius 3 is 2.33 bits per heavy atom. The fourth-order valence-corrected chi connectivity index (χ4v) is 6.50. The molecular formula is C24H19Cl3F3N3O5S. The summed E-state index contributed by atoms with van der Waals surface area (Å²) in [4.78, 5) is 33.5. The minimum atomic E-state index is -4.95. The Hall–Kier alpha value is -2.38. The Kier molecular flexibility index (Phi) is 6.74. The van der Waals surface area contributed by atoms with Crippen LogP contribution in [0.5, 0.6) is 0 Å². The second-order valence-corrected chi connectivity index (χ2v) is 13.1. The van der Waals surface area contributed by atoms with Gasteiger partial charge in [0.1, 0.15) is 17.4 Å². The molecule has 1 saturated heterocycles. The largest absolute Gasteiger partial charge is 0.401 e. The van der Waals surface area contributed by atoms with Crippen LogP contribution in [-0.2, 0) is 20.2 Å². The third-order valence-corrected chi connectivity index (χ3v) is 9.18. The summed E-state index contributed by atoms with van der Waals surface area (Å²) in [6.45, 7) is 0.716. The number of benzene rings is 2. The fourth-order valence-electron chi connectivity index (χ4n) is 5.27. The second kappa shape index (κ2) is 9.34. The lowest BCUT2D eigenvalue weighted by atomic mass is 9.79. The lowest BCUT2D eigenvalue weighted by Crippen LogP contribution is -2.63. The first kappa shape index (κ1) is 28.2. The molecule has 1 N–H and O–H groups in total. The van der Waals surface area contributed by atoms with Gasteiger partial charge in [0.25, 0.3) is 5.91 Å². The van der Waals surface area contributed by atoms with Crippen molar-refractivity contribution in [2.24, 2.45) is 11.1 Å². The zero-order valence-electron chi connectivity index (χ0n) is 20.2. The molecule has 2 aromatic carbocycles. The molecule has 3 aliphatic heterocycles. The fraction of sp³-hybridized carbons (Fsp3) is 0.375. The van der Waals surface area contributed by atoms with E-state index in [9.17, 15) is 31.2 Å². The third kappa shape index (κ3) is 4.50. The molecule has 0 bridgehead atoms. The van der Waals surface area contributed by atoms with Crippen molar-refractivity contribution in [3.8, 4) is 0 Å². The summed E-state index contributed by atoms with van der Waals surface area (Å²) < 4.78 is 67.9. The van der Waals surface area contributed by atoms with E-state index in [4.69, 9.17) is 39.6 Å². The Morgan fingerprint density at radius 1 is 1.21 bits per heavy atom. The van der Waals surface area contributed by atoms with Gasteiger partial charge in [-0.25, -0.2) is 8.42 Å². The summed E-state index contributed by atoms with van der Waals surface area (Å²) in [6, 6.07) is 5.07. The molecule has 1 fully saturated rings. The van der Waals surface area contributed by atoms with Gasteiger partial charge >= 0.3 is 6.18 Å². The van der Waals surface area contributed by atoms with Crippen molar-refractivity contribution >= 4 is 62.0 Å². The van der Waals surface area contributed by atoms with E-state index in [0.29, 0.717) is 18.7 Å². The van der Waals surface area contributed by atoms with Crippen LogP contribution < -0.4 is 5.32 Å². The van der Waals surface area contributed by atoms with Crippen LogP contribution in [0.4, 0.5) is 13.2 Å². The number of oxime groups is 1. The number of sulfone groups is 1. The highest BCUT2D eigenvalue weighted by Gasteiger charge is 2.57. The van der Waals surface area contributed by atoms with E-state index >= 15 is 0 Å². The summed E-state index contributed by atoms with van der Waals surface area (Å²) in [5, 5.41) is 6.50. The Labute approximate surface area is 235 Å². The first-order chi connectivity index (χ1) is 18.1. The maximum Gasteiger partial charge on any atom is 0.401 e. The molecule has 8 nitrogen and oxygen atoms in total. The Balaban J connectivity index is 1.70. The van der Waals surface area contributed by atoms with Crippen molar-refractivity contribution in [2.75, 3.05) is 32.1 Å². The number of rotatable bonds is 5. The van der Waals surface area contributed by atoms with Gasteiger partial charge < -0.3 is 15.1 Å². The molecular weight excluding hydrogens is 606 g/mol. The number of hydrogen-bond acceptors (Lipinski definition) is 7. The van der Waals surface area contributed by atoms with Crippen molar-refractivity contribution in [2.45, 2.75) is 17.8 Å². The lowest BCUT2D eigenvalue weighted by molar-refractivity contribution is -0.177. The summed E-state index contributed by atoms with van der Waals surface area (Å²) in [5.41, 5.74) is -2.07. The topological polar surface area (TPSA) is 105 Å². The molecule has 2 aromatic rings. The lowest BCUT2D eigenvalue weighted by Gasteiger charge is -2.45. The highest BCUT2D eigenvalue weighted by Crippen LogP contribution is 2.49. The smallest absolute Gasteiger partial charge is 0.386 e. The van der Waals surface area contributed by atoms with Crippen LogP contribution in [0.3, 0.4) is 0 Å². The number of alkyl halides is 3. The SMILES string of the molecule is CN1C(=O)c2c(ccc(C3=NOC(c4cc(Cl)c(Cl)c(Cl)c4)C3C(F)(F)F)c2C(=O)CS(C)(=O)=O)C12CNC2. The van der Waals surface area contributed by atoms with Crippen LogP contribution in [0.1, 0.15) is 43.5 Å². The molecule has 0 saturated carbocycles. The molecule has 1 amide bonds. The maximum absolute atomic E-state index is 14.6. The summed E-state index contributed by atoms with van der Waals surface area (Å²) in [6.07, 6.45) is -5.88. The number of likely N-dealkylation sites (N-methyl/N-ethyl adjacent to an activating group) is 1. The predicted molar refractivity (Wildman–Crippen MR) is 139 cm³/mol. The van der Waals surface area contributed by atoms with E-state index in [2.05, 4.69) is 10.5 Å². The number of ketones is 1. The van der Waals surface area contributed by atoms with Crippen molar-refractivity contribution in [3.63, 3.8) is 0 Å². The number of halogens is 6. The van der Waals surface area contributed by atoms with Crippen molar-refractivity contribution in [1.29, 1.82) is 0 Å². The molecule has 15 heteroatoms. The summed E-state index contributed by atoms with van der Waals surface area (Å²) >= 11 is 18.0. The number of nitrogens with one attached hydrogen (secondary N) is 1. The van der Waals surface area contributed by atoms with Gasteiger partial charge in [0, 0.05) is 37.5 Å². The van der Waals surface area contributed by atoms with E-state index in [0.717, 1.165) is 6.26 Å². The van der Waals surface area contributed by atoms with Gasteiger partial charge in [-0.05, 0) is 23.3 Å². The molecule has 5 rings (SSSR count). The van der Waals surface area contributed by atoms with E-state index in [-0.39, 0.29) is 31.8 Å².